The van der Waals surface area contributed by atoms with E-state index < -0.39 is 0 Å². The van der Waals surface area contributed by atoms with Crippen molar-refractivity contribution in [2.45, 2.75) is 53.0 Å². The molecule has 0 bridgehead atoms. The summed E-state index contributed by atoms with van der Waals surface area (Å²) in [5, 5.41) is 13.1. The number of benzene rings is 1. The highest BCUT2D eigenvalue weighted by Gasteiger charge is 2.19. The SMILES string of the molecule is CCCNC(=O)c1ccc(C)c(NC(=O)N(C)Cc2cc(C(C)(C)C)n[nH]2)c1. The number of hydrogen-bond donors (Lipinski definition) is 3. The molecule has 0 spiro atoms. The van der Waals surface area contributed by atoms with Crippen LogP contribution < -0.4 is 10.6 Å². The number of carbonyl (C=O) groups excluding carboxylic acids is 2. The van der Waals surface area contributed by atoms with Crippen molar-refractivity contribution in [3.05, 3.63) is 46.8 Å². The third-order valence-electron chi connectivity index (χ3n) is 4.43. The van der Waals surface area contributed by atoms with Crippen molar-refractivity contribution >= 4 is 17.6 Å². The lowest BCUT2D eigenvalue weighted by Gasteiger charge is -2.18. The van der Waals surface area contributed by atoms with Gasteiger partial charge in [-0.2, -0.15) is 5.10 Å². The Bertz CT molecular complexity index is 836. The zero-order chi connectivity index (χ0) is 20.9. The topological polar surface area (TPSA) is 90.1 Å². The van der Waals surface area contributed by atoms with Crippen molar-refractivity contribution in [3.63, 3.8) is 0 Å². The van der Waals surface area contributed by atoms with Gasteiger partial charge in [-0.25, -0.2) is 4.79 Å². The summed E-state index contributed by atoms with van der Waals surface area (Å²) in [4.78, 5) is 26.3. The highest BCUT2D eigenvalue weighted by molar-refractivity contribution is 5.97. The molecule has 0 saturated carbocycles. The Balaban J connectivity index is 2.05. The average Bonchev–Trinajstić information content (AvgIpc) is 3.10. The van der Waals surface area contributed by atoms with E-state index in [1.807, 2.05) is 26.0 Å². The molecule has 2 rings (SSSR count). The summed E-state index contributed by atoms with van der Waals surface area (Å²) in [6.45, 7) is 11.2. The van der Waals surface area contributed by atoms with Crippen LogP contribution in [0.5, 0.6) is 0 Å². The van der Waals surface area contributed by atoms with Gasteiger partial charge in [-0.15, -0.1) is 0 Å². The van der Waals surface area contributed by atoms with Gasteiger partial charge in [0.05, 0.1) is 17.9 Å². The monoisotopic (exact) mass is 385 g/mol. The maximum atomic E-state index is 12.6. The van der Waals surface area contributed by atoms with Gasteiger partial charge in [0.25, 0.3) is 5.91 Å². The van der Waals surface area contributed by atoms with Crippen molar-refractivity contribution < 1.29 is 9.59 Å². The number of aryl methyl sites for hydroxylation is 1. The van der Waals surface area contributed by atoms with Crippen LogP contribution in [0.4, 0.5) is 10.5 Å². The van der Waals surface area contributed by atoms with E-state index in [2.05, 4.69) is 41.6 Å². The molecule has 3 amide bonds. The van der Waals surface area contributed by atoms with E-state index in [1.54, 1.807) is 24.1 Å². The summed E-state index contributed by atoms with van der Waals surface area (Å²) in [6, 6.07) is 7.04. The van der Waals surface area contributed by atoms with Gasteiger partial charge >= 0.3 is 6.03 Å². The molecule has 0 radical (unpaired) electrons. The molecule has 0 aliphatic carbocycles. The molecular formula is C21H31N5O2. The molecule has 28 heavy (non-hydrogen) atoms. The van der Waals surface area contributed by atoms with Crippen molar-refractivity contribution in [1.82, 2.24) is 20.4 Å². The fourth-order valence-corrected chi connectivity index (χ4v) is 2.60. The minimum absolute atomic E-state index is 0.0501. The number of H-pyrrole nitrogens is 1. The first-order chi connectivity index (χ1) is 13.1. The lowest BCUT2D eigenvalue weighted by molar-refractivity contribution is 0.0953. The standard InChI is InChI=1S/C21H31N5O2/c1-7-10-22-19(27)15-9-8-14(2)17(11-15)23-20(28)26(6)13-16-12-18(25-24-16)21(3,4)5/h8-9,11-12H,7,10,13H2,1-6H3,(H,22,27)(H,23,28)(H,24,25). The highest BCUT2D eigenvalue weighted by atomic mass is 16.2. The second kappa shape index (κ2) is 8.91. The Morgan fingerprint density at radius 3 is 2.54 bits per heavy atom. The number of nitrogens with zero attached hydrogens (tertiary/aromatic N) is 2. The molecule has 152 valence electrons. The number of urea groups is 1. The third kappa shape index (κ3) is 5.58. The van der Waals surface area contributed by atoms with Crippen LogP contribution in [0.3, 0.4) is 0 Å². The minimum Gasteiger partial charge on any atom is -0.352 e. The van der Waals surface area contributed by atoms with Gasteiger partial charge in [-0.3, -0.25) is 9.89 Å². The zero-order valence-electron chi connectivity index (χ0n) is 17.6. The van der Waals surface area contributed by atoms with Crippen LogP contribution in [0, 0.1) is 6.92 Å². The Hall–Kier alpha value is -2.83. The molecule has 1 heterocycles. The van der Waals surface area contributed by atoms with Crippen molar-refractivity contribution in [3.8, 4) is 0 Å². The van der Waals surface area contributed by atoms with Gasteiger partial charge in [0.1, 0.15) is 0 Å². The molecule has 1 aromatic heterocycles. The van der Waals surface area contributed by atoms with Crippen LogP contribution in [0.25, 0.3) is 0 Å². The van der Waals surface area contributed by atoms with E-state index in [-0.39, 0.29) is 17.4 Å². The Kier molecular flexibility index (Phi) is 6.83. The first-order valence-electron chi connectivity index (χ1n) is 9.57. The molecule has 0 unspecified atom stereocenters. The summed E-state index contributed by atoms with van der Waals surface area (Å²) in [6.07, 6.45) is 0.872. The van der Waals surface area contributed by atoms with Crippen LogP contribution in [0.1, 0.15) is 61.4 Å². The summed E-state index contributed by atoms with van der Waals surface area (Å²) >= 11 is 0. The highest BCUT2D eigenvalue weighted by Crippen LogP contribution is 2.21. The average molecular weight is 386 g/mol. The fraction of sp³-hybridized carbons (Fsp3) is 0.476. The number of aromatic amines is 1. The van der Waals surface area contributed by atoms with Gasteiger partial charge in [0.2, 0.25) is 0 Å². The number of aromatic nitrogens is 2. The summed E-state index contributed by atoms with van der Waals surface area (Å²) < 4.78 is 0. The van der Waals surface area contributed by atoms with Crippen LogP contribution >= 0.6 is 0 Å². The first kappa shape index (κ1) is 21.5. The molecule has 0 atom stereocenters. The van der Waals surface area contributed by atoms with E-state index in [4.69, 9.17) is 0 Å². The van der Waals surface area contributed by atoms with Gasteiger partial charge in [-0.1, -0.05) is 33.8 Å². The predicted molar refractivity (Wildman–Crippen MR) is 112 cm³/mol. The molecule has 0 fully saturated rings. The smallest absolute Gasteiger partial charge is 0.321 e. The minimum atomic E-state index is -0.249. The number of carbonyl (C=O) groups is 2. The van der Waals surface area contributed by atoms with E-state index in [0.29, 0.717) is 24.3 Å². The molecule has 7 heteroatoms. The van der Waals surface area contributed by atoms with Crippen LogP contribution in [-0.4, -0.2) is 40.6 Å². The van der Waals surface area contributed by atoms with Gasteiger partial charge in [0.15, 0.2) is 0 Å². The maximum Gasteiger partial charge on any atom is 0.321 e. The number of amides is 3. The molecular weight excluding hydrogens is 354 g/mol. The fourth-order valence-electron chi connectivity index (χ4n) is 2.60. The molecule has 7 nitrogen and oxygen atoms in total. The first-order valence-corrected chi connectivity index (χ1v) is 9.57. The summed E-state index contributed by atoms with van der Waals surface area (Å²) in [5.41, 5.74) is 3.82. The third-order valence-corrected chi connectivity index (χ3v) is 4.43. The molecule has 0 aliphatic heterocycles. The lowest BCUT2D eigenvalue weighted by atomic mass is 9.92. The van der Waals surface area contributed by atoms with Gasteiger partial charge < -0.3 is 15.5 Å². The van der Waals surface area contributed by atoms with E-state index in [1.165, 1.54) is 0 Å². The summed E-state index contributed by atoms with van der Waals surface area (Å²) in [7, 11) is 1.72. The van der Waals surface area contributed by atoms with E-state index >= 15 is 0 Å². The van der Waals surface area contributed by atoms with Crippen molar-refractivity contribution in [2.24, 2.45) is 0 Å². The quantitative estimate of drug-likeness (QED) is 0.706. The van der Waals surface area contributed by atoms with Crippen molar-refractivity contribution in [1.29, 1.82) is 0 Å². The Labute approximate surface area is 166 Å². The Morgan fingerprint density at radius 2 is 1.93 bits per heavy atom. The second-order valence-corrected chi connectivity index (χ2v) is 8.10. The number of rotatable bonds is 6. The zero-order valence-corrected chi connectivity index (χ0v) is 17.6. The van der Waals surface area contributed by atoms with E-state index in [9.17, 15) is 9.59 Å². The van der Waals surface area contributed by atoms with Crippen LogP contribution in [0.2, 0.25) is 0 Å². The number of hydrogen-bond acceptors (Lipinski definition) is 3. The molecule has 1 aromatic carbocycles. The normalized spacial score (nSPS) is 11.2. The molecule has 0 saturated heterocycles. The predicted octanol–water partition coefficient (Wildman–Crippen LogP) is 3.82. The lowest BCUT2D eigenvalue weighted by Crippen LogP contribution is -2.31. The van der Waals surface area contributed by atoms with E-state index in [0.717, 1.165) is 23.4 Å². The Morgan fingerprint density at radius 1 is 1.21 bits per heavy atom. The second-order valence-electron chi connectivity index (χ2n) is 8.10. The van der Waals surface area contributed by atoms with Crippen molar-refractivity contribution in [2.75, 3.05) is 18.9 Å². The van der Waals surface area contributed by atoms with Gasteiger partial charge in [0, 0.05) is 30.3 Å². The summed E-state index contributed by atoms with van der Waals surface area (Å²) in [5.74, 6) is -0.141. The molecule has 0 aliphatic rings. The van der Waals surface area contributed by atoms with Crippen LogP contribution in [0.15, 0.2) is 24.3 Å². The molecule has 2 aromatic rings. The largest absolute Gasteiger partial charge is 0.352 e. The van der Waals surface area contributed by atoms with Crippen LogP contribution in [-0.2, 0) is 12.0 Å². The van der Waals surface area contributed by atoms with Gasteiger partial charge in [-0.05, 0) is 37.1 Å². The number of anilines is 1. The number of nitrogens with one attached hydrogen (secondary N) is 3. The molecule has 3 N–H and O–H groups in total. The maximum absolute atomic E-state index is 12.6.